The fraction of sp³-hybridized carbons (Fsp3) is 0.300. The molecule has 0 spiro atoms. The van der Waals surface area contributed by atoms with Gasteiger partial charge in [-0.3, -0.25) is 14.9 Å². The first kappa shape index (κ1) is 16.6. The molecule has 24 heavy (non-hydrogen) atoms. The van der Waals surface area contributed by atoms with Crippen LogP contribution in [0.4, 0.5) is 0 Å². The molecule has 1 N–H and O–H groups in total. The first-order valence-corrected chi connectivity index (χ1v) is 8.38. The zero-order chi connectivity index (χ0) is 16.8. The Hall–Kier alpha value is -2.30. The van der Waals surface area contributed by atoms with Gasteiger partial charge in [0.15, 0.2) is 0 Å². The molecule has 124 valence electrons. The predicted octanol–water partition coefficient (Wildman–Crippen LogP) is 3.40. The van der Waals surface area contributed by atoms with Gasteiger partial charge in [0.1, 0.15) is 0 Å². The highest BCUT2D eigenvalue weighted by atomic mass is 16.3. The third kappa shape index (κ3) is 3.96. The van der Waals surface area contributed by atoms with Crippen LogP contribution in [0.15, 0.2) is 60.9 Å². The minimum atomic E-state index is 0.110. The van der Waals surface area contributed by atoms with Crippen LogP contribution < -0.4 is 0 Å². The molecule has 0 radical (unpaired) electrons. The van der Waals surface area contributed by atoms with Gasteiger partial charge in [0, 0.05) is 36.9 Å². The molecule has 0 saturated heterocycles. The fourth-order valence-electron chi connectivity index (χ4n) is 2.95. The second kappa shape index (κ2) is 7.99. The lowest BCUT2D eigenvalue weighted by atomic mass is 10.1. The van der Waals surface area contributed by atoms with Crippen molar-refractivity contribution in [2.24, 2.45) is 0 Å². The summed E-state index contributed by atoms with van der Waals surface area (Å²) in [5.74, 6) is 0. The lowest BCUT2D eigenvalue weighted by Gasteiger charge is -2.29. The molecule has 0 fully saturated rings. The second-order valence-electron chi connectivity index (χ2n) is 6.01. The van der Waals surface area contributed by atoms with Crippen LogP contribution in [0.25, 0.3) is 10.9 Å². The Balaban J connectivity index is 1.84. The molecule has 4 heteroatoms. The first-order chi connectivity index (χ1) is 11.8. The van der Waals surface area contributed by atoms with Crippen molar-refractivity contribution in [3.05, 3.63) is 72.2 Å². The van der Waals surface area contributed by atoms with Crippen molar-refractivity contribution in [3.63, 3.8) is 0 Å². The highest BCUT2D eigenvalue weighted by Crippen LogP contribution is 2.17. The molecule has 2 heterocycles. The molecule has 1 unspecified atom stereocenters. The summed E-state index contributed by atoms with van der Waals surface area (Å²) in [6.45, 7) is 3.70. The number of hydrogen-bond donors (Lipinski definition) is 1. The van der Waals surface area contributed by atoms with Crippen LogP contribution in [0.3, 0.4) is 0 Å². The maximum absolute atomic E-state index is 9.75. The normalized spacial score (nSPS) is 12.6. The molecular weight excluding hydrogens is 298 g/mol. The van der Waals surface area contributed by atoms with Crippen molar-refractivity contribution in [2.45, 2.75) is 32.5 Å². The number of aliphatic hydroxyl groups is 1. The highest BCUT2D eigenvalue weighted by Gasteiger charge is 2.17. The average Bonchev–Trinajstić information content (AvgIpc) is 2.63. The van der Waals surface area contributed by atoms with Gasteiger partial charge in [-0.25, -0.2) is 0 Å². The quantitative estimate of drug-likeness (QED) is 0.724. The van der Waals surface area contributed by atoms with E-state index < -0.39 is 0 Å². The van der Waals surface area contributed by atoms with Crippen LogP contribution in [-0.4, -0.2) is 32.6 Å². The summed E-state index contributed by atoms with van der Waals surface area (Å²) in [7, 11) is 0. The molecular formula is C20H23N3O. The van der Waals surface area contributed by atoms with E-state index in [4.69, 9.17) is 4.98 Å². The van der Waals surface area contributed by atoms with Gasteiger partial charge in [-0.15, -0.1) is 0 Å². The maximum Gasteiger partial charge on any atom is 0.0705 e. The summed E-state index contributed by atoms with van der Waals surface area (Å²) in [4.78, 5) is 11.2. The Bertz CT molecular complexity index is 772. The molecule has 0 aliphatic heterocycles. The van der Waals surface area contributed by atoms with Crippen molar-refractivity contribution < 1.29 is 5.11 Å². The summed E-state index contributed by atoms with van der Waals surface area (Å²) in [6, 6.07) is 16.4. The van der Waals surface area contributed by atoms with Crippen LogP contribution in [-0.2, 0) is 13.1 Å². The second-order valence-corrected chi connectivity index (χ2v) is 6.01. The maximum atomic E-state index is 9.75. The van der Waals surface area contributed by atoms with Crippen LogP contribution in [0.2, 0.25) is 0 Å². The van der Waals surface area contributed by atoms with E-state index in [1.807, 2.05) is 30.5 Å². The Morgan fingerprint density at radius 3 is 2.67 bits per heavy atom. The van der Waals surface area contributed by atoms with E-state index in [1.54, 1.807) is 6.20 Å². The Labute approximate surface area is 142 Å². The van der Waals surface area contributed by atoms with Gasteiger partial charge in [-0.05, 0) is 30.2 Å². The van der Waals surface area contributed by atoms with Crippen LogP contribution >= 0.6 is 0 Å². The summed E-state index contributed by atoms with van der Waals surface area (Å²) in [5, 5.41) is 10.9. The molecule has 0 saturated carbocycles. The number of pyridine rings is 2. The first-order valence-electron chi connectivity index (χ1n) is 8.38. The number of rotatable bonds is 7. The van der Waals surface area contributed by atoms with Crippen LogP contribution in [0.1, 0.15) is 24.6 Å². The molecule has 3 rings (SSSR count). The zero-order valence-electron chi connectivity index (χ0n) is 14.0. The van der Waals surface area contributed by atoms with E-state index >= 15 is 0 Å². The van der Waals surface area contributed by atoms with E-state index in [9.17, 15) is 5.11 Å². The summed E-state index contributed by atoms with van der Waals surface area (Å²) in [5.41, 5.74) is 3.17. The average molecular weight is 321 g/mol. The van der Waals surface area contributed by atoms with Gasteiger partial charge >= 0.3 is 0 Å². The lowest BCUT2D eigenvalue weighted by Crippen LogP contribution is -2.36. The summed E-state index contributed by atoms with van der Waals surface area (Å²) >= 11 is 0. The largest absolute Gasteiger partial charge is 0.395 e. The number of nitrogens with zero attached hydrogens (tertiary/aromatic N) is 3. The van der Waals surface area contributed by atoms with Gasteiger partial charge in [0.25, 0.3) is 0 Å². The zero-order valence-corrected chi connectivity index (χ0v) is 14.0. The molecule has 0 aliphatic carbocycles. The van der Waals surface area contributed by atoms with Gasteiger partial charge in [0.05, 0.1) is 17.8 Å². The Morgan fingerprint density at radius 2 is 1.92 bits per heavy atom. The van der Waals surface area contributed by atoms with E-state index in [-0.39, 0.29) is 12.6 Å². The topological polar surface area (TPSA) is 49.2 Å². The minimum Gasteiger partial charge on any atom is -0.395 e. The molecule has 0 aliphatic rings. The lowest BCUT2D eigenvalue weighted by molar-refractivity contribution is 0.105. The standard InChI is InChI=1S/C20H23N3O/c1-2-19(15-24)23(13-16-6-5-11-21-12-16)14-18-10-9-17-7-3-4-8-20(17)22-18/h3-12,19,24H,2,13-15H2,1H3. The summed E-state index contributed by atoms with van der Waals surface area (Å²) < 4.78 is 0. The SMILES string of the molecule is CCC(CO)N(Cc1cccnc1)Cc1ccc2ccccc2n1. The van der Waals surface area contributed by atoms with Crippen molar-refractivity contribution in [1.82, 2.24) is 14.9 Å². The monoisotopic (exact) mass is 321 g/mol. The third-order valence-electron chi connectivity index (χ3n) is 4.33. The van der Waals surface area contributed by atoms with Gasteiger partial charge in [-0.1, -0.05) is 37.3 Å². The van der Waals surface area contributed by atoms with E-state index in [1.165, 1.54) is 0 Å². The molecule has 4 nitrogen and oxygen atoms in total. The molecule has 3 aromatic rings. The van der Waals surface area contributed by atoms with Crippen LogP contribution in [0, 0.1) is 0 Å². The van der Waals surface area contributed by atoms with E-state index in [0.717, 1.165) is 35.1 Å². The highest BCUT2D eigenvalue weighted by molar-refractivity contribution is 5.78. The van der Waals surface area contributed by atoms with Crippen molar-refractivity contribution >= 4 is 10.9 Å². The number of aromatic nitrogens is 2. The predicted molar refractivity (Wildman–Crippen MR) is 96.4 cm³/mol. The number of aliphatic hydroxyl groups excluding tert-OH is 1. The van der Waals surface area contributed by atoms with Crippen LogP contribution in [0.5, 0.6) is 0 Å². The number of fused-ring (bicyclic) bond motifs is 1. The minimum absolute atomic E-state index is 0.110. The molecule has 0 amide bonds. The Kier molecular flexibility index (Phi) is 5.51. The fourth-order valence-corrected chi connectivity index (χ4v) is 2.95. The molecule has 0 bridgehead atoms. The number of para-hydroxylation sites is 1. The van der Waals surface area contributed by atoms with Crippen molar-refractivity contribution in [2.75, 3.05) is 6.61 Å². The van der Waals surface area contributed by atoms with Crippen molar-refractivity contribution in [3.8, 4) is 0 Å². The molecule has 1 aromatic carbocycles. The number of benzene rings is 1. The Morgan fingerprint density at radius 1 is 1.04 bits per heavy atom. The van der Waals surface area contributed by atoms with Gasteiger partial charge < -0.3 is 5.11 Å². The number of hydrogen-bond acceptors (Lipinski definition) is 4. The summed E-state index contributed by atoms with van der Waals surface area (Å²) in [6.07, 6.45) is 4.55. The van der Waals surface area contributed by atoms with Gasteiger partial charge in [0.2, 0.25) is 0 Å². The molecule has 1 atom stereocenters. The van der Waals surface area contributed by atoms with E-state index in [0.29, 0.717) is 6.54 Å². The third-order valence-corrected chi connectivity index (χ3v) is 4.33. The smallest absolute Gasteiger partial charge is 0.0705 e. The van der Waals surface area contributed by atoms with Gasteiger partial charge in [-0.2, -0.15) is 0 Å². The van der Waals surface area contributed by atoms with Crippen molar-refractivity contribution in [1.29, 1.82) is 0 Å². The van der Waals surface area contributed by atoms with E-state index in [2.05, 4.69) is 41.1 Å². The molecule has 2 aromatic heterocycles.